The van der Waals surface area contributed by atoms with Crippen molar-refractivity contribution in [2.75, 3.05) is 17.3 Å². The summed E-state index contributed by atoms with van der Waals surface area (Å²) in [5, 5.41) is 25.7. The van der Waals surface area contributed by atoms with Crippen LogP contribution >= 0.6 is 11.6 Å². The van der Waals surface area contributed by atoms with Gasteiger partial charge in [-0.25, -0.2) is 4.79 Å². The minimum atomic E-state index is -1.18. The Morgan fingerprint density at radius 2 is 1.97 bits per heavy atom. The number of rotatable bonds is 10. The van der Waals surface area contributed by atoms with Gasteiger partial charge in [0.1, 0.15) is 18.1 Å². The van der Waals surface area contributed by atoms with Crippen molar-refractivity contribution in [3.63, 3.8) is 0 Å². The first kappa shape index (κ1) is 25.9. The molecule has 0 saturated carbocycles. The first-order valence-electron chi connectivity index (χ1n) is 10.2. The zero-order valence-electron chi connectivity index (χ0n) is 18.4. The van der Waals surface area contributed by atoms with Crippen LogP contribution in [0.15, 0.2) is 54.9 Å². The fourth-order valence-electron chi connectivity index (χ4n) is 3.00. The maximum Gasteiger partial charge on any atom is 0.335 e. The molecule has 1 unspecified atom stereocenters. The Kier molecular flexibility index (Phi) is 8.95. The van der Waals surface area contributed by atoms with Crippen molar-refractivity contribution >= 4 is 52.3 Å². The van der Waals surface area contributed by atoms with Crippen molar-refractivity contribution in [2.24, 2.45) is 0 Å². The standard InChI is InChI=1S/C22H21ClN6O5S/c1-35(34)11-10-18(21(31)25-17-6-2-14(3-7-17)22(32)33)26-20(30)9-4-15-12-16(23)5-8-19(15)29-13-24-27-28-29/h2-9,12-13,18H,10-11H2,1H3,(H,25,31)(H,26,30)(H,32,33)/b9-4+/t18-,35?/m0/s1. The second-order valence-corrected chi connectivity index (χ2v) is 9.28. The molecule has 182 valence electrons. The monoisotopic (exact) mass is 516 g/mol. The highest BCUT2D eigenvalue weighted by atomic mass is 35.5. The van der Waals surface area contributed by atoms with Crippen molar-refractivity contribution < 1.29 is 24.0 Å². The van der Waals surface area contributed by atoms with E-state index in [0.717, 1.165) is 0 Å². The van der Waals surface area contributed by atoms with Crippen LogP contribution in [0.1, 0.15) is 22.3 Å². The van der Waals surface area contributed by atoms with E-state index in [0.29, 0.717) is 22.0 Å². The van der Waals surface area contributed by atoms with Crippen molar-refractivity contribution in [3.05, 3.63) is 71.0 Å². The van der Waals surface area contributed by atoms with Gasteiger partial charge in [-0.2, -0.15) is 4.68 Å². The molecule has 3 N–H and O–H groups in total. The topological polar surface area (TPSA) is 162 Å². The summed E-state index contributed by atoms with van der Waals surface area (Å²) in [7, 11) is 0. The second kappa shape index (κ2) is 12.1. The van der Waals surface area contributed by atoms with Crippen LogP contribution < -0.4 is 10.6 Å². The summed E-state index contributed by atoms with van der Waals surface area (Å²) in [4.78, 5) is 36.4. The smallest absolute Gasteiger partial charge is 0.335 e. The van der Waals surface area contributed by atoms with E-state index in [-0.39, 0.29) is 17.7 Å². The molecule has 3 rings (SSSR count). The molecule has 3 aromatic rings. The van der Waals surface area contributed by atoms with Crippen LogP contribution in [-0.2, 0) is 20.8 Å². The molecule has 2 amide bonds. The summed E-state index contributed by atoms with van der Waals surface area (Å²) < 4.78 is 13.0. The van der Waals surface area contributed by atoms with Gasteiger partial charge in [-0.05, 0) is 59.0 Å². The predicted octanol–water partition coefficient (Wildman–Crippen LogP) is 1.92. The number of hydrogen-bond donors (Lipinski definition) is 3. The highest BCUT2D eigenvalue weighted by Gasteiger charge is 2.22. The lowest BCUT2D eigenvalue weighted by Crippen LogP contribution is -2.44. The molecule has 1 heterocycles. The maximum absolute atomic E-state index is 12.8. The number of tetrazole rings is 1. The Morgan fingerprint density at radius 3 is 2.60 bits per heavy atom. The summed E-state index contributed by atoms with van der Waals surface area (Å²) in [5.74, 6) is -1.99. The number of hydrogen-bond acceptors (Lipinski definition) is 7. The average molecular weight is 517 g/mol. The lowest BCUT2D eigenvalue weighted by molar-refractivity contribution is -0.123. The van der Waals surface area contributed by atoms with E-state index in [1.165, 1.54) is 53.7 Å². The van der Waals surface area contributed by atoms with Crippen LogP contribution in [0.25, 0.3) is 11.8 Å². The summed E-state index contributed by atoms with van der Waals surface area (Å²) in [6.07, 6.45) is 5.78. The van der Waals surface area contributed by atoms with E-state index in [9.17, 15) is 18.9 Å². The number of amides is 2. The summed E-state index contributed by atoms with van der Waals surface area (Å²) in [5.41, 5.74) is 1.58. The van der Waals surface area contributed by atoms with Gasteiger partial charge in [-0.3, -0.25) is 9.59 Å². The van der Waals surface area contributed by atoms with Crippen LogP contribution in [0.5, 0.6) is 0 Å². The quantitative estimate of drug-likeness (QED) is 0.272. The Bertz CT molecular complexity index is 1220. The third kappa shape index (κ3) is 7.64. The zero-order valence-corrected chi connectivity index (χ0v) is 20.0. The molecule has 0 aliphatic carbocycles. The van der Waals surface area contributed by atoms with Crippen LogP contribution in [0, 0.1) is 0 Å². The lowest BCUT2D eigenvalue weighted by atomic mass is 10.1. The SMILES string of the molecule is C[S+]([O-])CC[C@H](NC(=O)/C=C/c1cc(Cl)ccc1-n1cnnn1)C(=O)Nc1ccc(C(=O)O)cc1. The molecule has 0 aliphatic heterocycles. The summed E-state index contributed by atoms with van der Waals surface area (Å²) >= 11 is 4.91. The molecular weight excluding hydrogens is 496 g/mol. The van der Waals surface area contributed by atoms with Gasteiger partial charge in [0.15, 0.2) is 0 Å². The highest BCUT2D eigenvalue weighted by molar-refractivity contribution is 7.90. The van der Waals surface area contributed by atoms with Crippen molar-refractivity contribution in [1.82, 2.24) is 25.5 Å². The number of carboxylic acid groups (broad SMARTS) is 1. The maximum atomic E-state index is 12.8. The molecule has 13 heteroatoms. The number of carbonyl (C=O) groups is 3. The van der Waals surface area contributed by atoms with Gasteiger partial charge in [0.2, 0.25) is 11.8 Å². The third-order valence-electron chi connectivity index (χ3n) is 4.73. The molecular formula is C22H21ClN6O5S. The van der Waals surface area contributed by atoms with Crippen molar-refractivity contribution in [2.45, 2.75) is 12.5 Å². The molecule has 0 fully saturated rings. The molecule has 1 aromatic heterocycles. The van der Waals surface area contributed by atoms with Crippen LogP contribution in [0.3, 0.4) is 0 Å². The first-order valence-corrected chi connectivity index (χ1v) is 12.3. The van der Waals surface area contributed by atoms with Crippen molar-refractivity contribution in [3.8, 4) is 5.69 Å². The number of aromatic nitrogens is 4. The summed E-state index contributed by atoms with van der Waals surface area (Å²) in [6.45, 7) is 0. The van der Waals surface area contributed by atoms with Gasteiger partial charge in [0.05, 0.1) is 17.5 Å². The van der Waals surface area contributed by atoms with E-state index >= 15 is 0 Å². The number of benzene rings is 2. The molecule has 2 atom stereocenters. The molecule has 0 saturated heterocycles. The van der Waals surface area contributed by atoms with Crippen LogP contribution in [0.4, 0.5) is 5.69 Å². The molecule has 0 radical (unpaired) electrons. The molecule has 0 bridgehead atoms. The van der Waals surface area contributed by atoms with Crippen LogP contribution in [-0.4, -0.2) is 65.7 Å². The Labute approximate surface area is 208 Å². The molecule has 11 nitrogen and oxygen atoms in total. The second-order valence-electron chi connectivity index (χ2n) is 7.29. The number of carboxylic acids is 1. The third-order valence-corrected chi connectivity index (χ3v) is 5.77. The van der Waals surface area contributed by atoms with Gasteiger partial charge < -0.3 is 20.3 Å². The molecule has 2 aromatic carbocycles. The Hall–Kier alpha value is -3.74. The van der Waals surface area contributed by atoms with E-state index in [4.69, 9.17) is 16.7 Å². The predicted molar refractivity (Wildman–Crippen MR) is 131 cm³/mol. The number of aromatic carboxylic acids is 1. The minimum Gasteiger partial charge on any atom is -0.617 e. The number of nitrogens with zero attached hydrogens (tertiary/aromatic N) is 4. The van der Waals surface area contributed by atoms with Gasteiger partial charge in [0, 0.05) is 28.8 Å². The van der Waals surface area contributed by atoms with Gasteiger partial charge in [-0.1, -0.05) is 22.8 Å². The molecule has 0 aliphatic rings. The van der Waals surface area contributed by atoms with E-state index in [1.807, 2.05) is 0 Å². The van der Waals surface area contributed by atoms with Crippen molar-refractivity contribution in [1.29, 1.82) is 0 Å². The number of carbonyl (C=O) groups excluding carboxylic acids is 2. The van der Waals surface area contributed by atoms with E-state index in [1.54, 1.807) is 18.2 Å². The van der Waals surface area contributed by atoms with E-state index < -0.39 is 35.0 Å². The Morgan fingerprint density at radius 1 is 1.23 bits per heavy atom. The molecule has 35 heavy (non-hydrogen) atoms. The number of anilines is 1. The zero-order chi connectivity index (χ0) is 25.4. The number of nitrogens with one attached hydrogen (secondary N) is 2. The van der Waals surface area contributed by atoms with Gasteiger partial charge in [-0.15, -0.1) is 5.10 Å². The average Bonchev–Trinajstić information content (AvgIpc) is 3.35. The van der Waals surface area contributed by atoms with E-state index in [2.05, 4.69) is 26.2 Å². The normalized spacial score (nSPS) is 12.8. The molecule has 0 spiro atoms. The minimum absolute atomic E-state index is 0.0708. The fourth-order valence-corrected chi connectivity index (χ4v) is 3.75. The highest BCUT2D eigenvalue weighted by Crippen LogP contribution is 2.20. The van der Waals surface area contributed by atoms with Gasteiger partial charge in [0.25, 0.3) is 0 Å². The lowest BCUT2D eigenvalue weighted by Gasteiger charge is -2.18. The Balaban J connectivity index is 1.72. The first-order chi connectivity index (χ1) is 16.7. The van der Waals surface area contributed by atoms with Gasteiger partial charge >= 0.3 is 5.97 Å². The largest absolute Gasteiger partial charge is 0.617 e. The fraction of sp³-hybridized carbons (Fsp3) is 0.182. The number of halogens is 1. The summed E-state index contributed by atoms with van der Waals surface area (Å²) in [6, 6.07) is 9.59. The van der Waals surface area contributed by atoms with Crippen LogP contribution in [0.2, 0.25) is 5.02 Å².